The van der Waals surface area contributed by atoms with Gasteiger partial charge < -0.3 is 10.1 Å². The van der Waals surface area contributed by atoms with Gasteiger partial charge in [0.2, 0.25) is 0 Å². The highest BCUT2D eigenvalue weighted by atomic mass is 16.5. The summed E-state index contributed by atoms with van der Waals surface area (Å²) in [5.41, 5.74) is 2.60. The fourth-order valence-corrected chi connectivity index (χ4v) is 2.28. The lowest BCUT2D eigenvalue weighted by molar-refractivity contribution is 0.0819. The second kappa shape index (κ2) is 9.99. The van der Waals surface area contributed by atoms with Crippen molar-refractivity contribution in [1.29, 1.82) is 0 Å². The largest absolute Gasteiger partial charge is 0.376 e. The molecule has 0 bridgehead atoms. The average Bonchev–Trinajstić information content (AvgIpc) is 2.43. The zero-order valence-electron chi connectivity index (χ0n) is 12.7. The molecule has 2 heteroatoms. The van der Waals surface area contributed by atoms with Crippen molar-refractivity contribution in [3.05, 3.63) is 35.4 Å². The van der Waals surface area contributed by atoms with Crippen molar-refractivity contribution in [3.8, 4) is 0 Å². The number of hydrogen-bond donors (Lipinski definition) is 1. The smallest absolute Gasteiger partial charge is 0.0717 e. The van der Waals surface area contributed by atoms with Gasteiger partial charge in [0.1, 0.15) is 0 Å². The van der Waals surface area contributed by atoms with E-state index < -0.39 is 0 Å². The van der Waals surface area contributed by atoms with Crippen LogP contribution in [0, 0.1) is 5.92 Å². The number of ether oxygens (including phenoxy) is 1. The zero-order valence-corrected chi connectivity index (χ0v) is 12.7. The summed E-state index contributed by atoms with van der Waals surface area (Å²) in [5, 5.41) is 3.18. The van der Waals surface area contributed by atoms with Crippen molar-refractivity contribution in [3.63, 3.8) is 0 Å². The molecular formula is C17H29NO. The van der Waals surface area contributed by atoms with Crippen molar-refractivity contribution in [2.24, 2.45) is 5.92 Å². The Hall–Kier alpha value is -0.860. The molecule has 2 nitrogen and oxygen atoms in total. The molecule has 0 aromatic heterocycles. The molecule has 0 amide bonds. The van der Waals surface area contributed by atoms with E-state index in [1.807, 2.05) is 7.05 Å². The van der Waals surface area contributed by atoms with Crippen LogP contribution in [0.2, 0.25) is 0 Å². The summed E-state index contributed by atoms with van der Waals surface area (Å²) in [6.07, 6.45) is 5.12. The van der Waals surface area contributed by atoms with Gasteiger partial charge >= 0.3 is 0 Å². The Morgan fingerprint density at radius 2 is 2.00 bits per heavy atom. The topological polar surface area (TPSA) is 21.3 Å². The highest BCUT2D eigenvalue weighted by molar-refractivity contribution is 5.22. The summed E-state index contributed by atoms with van der Waals surface area (Å²) in [5.74, 6) is 0.723. The molecule has 1 aromatic rings. The number of unbranched alkanes of at least 4 members (excludes halogenated alkanes) is 1. The summed E-state index contributed by atoms with van der Waals surface area (Å²) >= 11 is 0. The van der Waals surface area contributed by atoms with E-state index in [-0.39, 0.29) is 0 Å². The first-order chi connectivity index (χ1) is 9.30. The van der Waals surface area contributed by atoms with Gasteiger partial charge in [-0.2, -0.15) is 0 Å². The highest BCUT2D eigenvalue weighted by Crippen LogP contribution is 2.14. The molecule has 0 aliphatic heterocycles. The van der Waals surface area contributed by atoms with Gasteiger partial charge in [-0.05, 0) is 30.5 Å². The first-order valence-electron chi connectivity index (χ1n) is 7.60. The molecule has 0 aliphatic rings. The summed E-state index contributed by atoms with van der Waals surface area (Å²) in [7, 11) is 1.97. The summed E-state index contributed by atoms with van der Waals surface area (Å²) in [4.78, 5) is 0. The van der Waals surface area contributed by atoms with E-state index in [0.717, 1.165) is 25.7 Å². The van der Waals surface area contributed by atoms with E-state index in [4.69, 9.17) is 4.74 Å². The molecule has 1 aromatic carbocycles. The molecule has 0 heterocycles. The molecule has 19 heavy (non-hydrogen) atoms. The van der Waals surface area contributed by atoms with Gasteiger partial charge in [0, 0.05) is 13.2 Å². The van der Waals surface area contributed by atoms with Crippen LogP contribution in [0.1, 0.15) is 50.7 Å². The van der Waals surface area contributed by atoms with Gasteiger partial charge in [0.25, 0.3) is 0 Å². The molecule has 0 radical (unpaired) electrons. The highest BCUT2D eigenvalue weighted by Gasteiger charge is 2.06. The normalized spacial score (nSPS) is 12.6. The Kier molecular flexibility index (Phi) is 8.52. The average molecular weight is 263 g/mol. The lowest BCUT2D eigenvalue weighted by atomic mass is 10.0. The maximum Gasteiger partial charge on any atom is 0.0717 e. The van der Waals surface area contributed by atoms with Crippen LogP contribution in [0.4, 0.5) is 0 Å². The van der Waals surface area contributed by atoms with E-state index in [1.165, 1.54) is 36.8 Å². The van der Waals surface area contributed by atoms with E-state index in [0.29, 0.717) is 0 Å². The first kappa shape index (κ1) is 16.2. The number of benzene rings is 1. The molecule has 0 saturated carbocycles. The lowest BCUT2D eigenvalue weighted by Gasteiger charge is -2.15. The van der Waals surface area contributed by atoms with Crippen LogP contribution in [0.5, 0.6) is 0 Å². The van der Waals surface area contributed by atoms with Crippen molar-refractivity contribution in [2.45, 2.75) is 52.7 Å². The van der Waals surface area contributed by atoms with Gasteiger partial charge in [-0.25, -0.2) is 0 Å². The second-order valence-electron chi connectivity index (χ2n) is 5.28. The van der Waals surface area contributed by atoms with Crippen LogP contribution in [0.25, 0.3) is 0 Å². The van der Waals surface area contributed by atoms with Crippen LogP contribution in [-0.2, 0) is 17.9 Å². The molecule has 1 atom stereocenters. The van der Waals surface area contributed by atoms with Gasteiger partial charge in [-0.15, -0.1) is 0 Å². The van der Waals surface area contributed by atoms with E-state index >= 15 is 0 Å². The zero-order chi connectivity index (χ0) is 13.9. The molecule has 0 saturated heterocycles. The van der Waals surface area contributed by atoms with Crippen molar-refractivity contribution >= 4 is 0 Å². The molecule has 1 N–H and O–H groups in total. The third-order valence-corrected chi connectivity index (χ3v) is 3.54. The van der Waals surface area contributed by atoms with Crippen LogP contribution < -0.4 is 5.32 Å². The Bertz CT molecular complexity index is 338. The Balaban J connectivity index is 2.33. The molecule has 0 spiro atoms. The minimum atomic E-state index is 0.723. The molecule has 0 fully saturated rings. The predicted octanol–water partition coefficient (Wildman–Crippen LogP) is 4.14. The number of nitrogens with one attached hydrogen (secondary N) is 1. The van der Waals surface area contributed by atoms with Crippen LogP contribution in [0.3, 0.4) is 0 Å². The number of hydrogen-bond acceptors (Lipinski definition) is 2. The second-order valence-corrected chi connectivity index (χ2v) is 5.28. The minimum absolute atomic E-state index is 0.723. The molecule has 1 unspecified atom stereocenters. The van der Waals surface area contributed by atoms with Gasteiger partial charge in [0.15, 0.2) is 0 Å². The maximum absolute atomic E-state index is 5.88. The first-order valence-corrected chi connectivity index (χ1v) is 7.60. The third-order valence-electron chi connectivity index (χ3n) is 3.54. The Morgan fingerprint density at radius 3 is 2.68 bits per heavy atom. The summed E-state index contributed by atoms with van der Waals surface area (Å²) in [6, 6.07) is 8.63. The van der Waals surface area contributed by atoms with E-state index in [9.17, 15) is 0 Å². The van der Waals surface area contributed by atoms with Crippen LogP contribution in [-0.4, -0.2) is 13.7 Å². The monoisotopic (exact) mass is 263 g/mol. The van der Waals surface area contributed by atoms with Gasteiger partial charge in [-0.1, -0.05) is 57.4 Å². The van der Waals surface area contributed by atoms with Crippen LogP contribution in [0.15, 0.2) is 24.3 Å². The fourth-order valence-electron chi connectivity index (χ4n) is 2.28. The SMILES string of the molecule is CCCCC(CC)COCc1cccc(CNC)c1. The van der Waals surface area contributed by atoms with Crippen molar-refractivity contribution in [1.82, 2.24) is 5.32 Å². The Labute approximate surface area is 118 Å². The van der Waals surface area contributed by atoms with Crippen molar-refractivity contribution in [2.75, 3.05) is 13.7 Å². The minimum Gasteiger partial charge on any atom is -0.376 e. The van der Waals surface area contributed by atoms with Crippen LogP contribution >= 0.6 is 0 Å². The van der Waals surface area contributed by atoms with E-state index in [1.54, 1.807) is 0 Å². The molecular weight excluding hydrogens is 234 g/mol. The van der Waals surface area contributed by atoms with Crippen molar-refractivity contribution < 1.29 is 4.74 Å². The lowest BCUT2D eigenvalue weighted by Crippen LogP contribution is -2.09. The number of rotatable bonds is 10. The molecule has 1 rings (SSSR count). The summed E-state index contributed by atoms with van der Waals surface area (Å²) in [6.45, 7) is 7.06. The fraction of sp³-hybridized carbons (Fsp3) is 0.647. The predicted molar refractivity (Wildman–Crippen MR) is 82.2 cm³/mol. The van der Waals surface area contributed by atoms with Gasteiger partial charge in [-0.3, -0.25) is 0 Å². The Morgan fingerprint density at radius 1 is 1.21 bits per heavy atom. The molecule has 108 valence electrons. The maximum atomic E-state index is 5.88. The third kappa shape index (κ3) is 6.74. The molecule has 0 aliphatic carbocycles. The van der Waals surface area contributed by atoms with Gasteiger partial charge in [0.05, 0.1) is 6.61 Å². The quantitative estimate of drug-likeness (QED) is 0.685. The van der Waals surface area contributed by atoms with E-state index in [2.05, 4.69) is 43.4 Å². The summed E-state index contributed by atoms with van der Waals surface area (Å²) < 4.78 is 5.88. The standard InChI is InChI=1S/C17H29NO/c1-4-6-8-15(5-2)13-19-14-17-10-7-9-16(11-17)12-18-3/h7,9-11,15,18H,4-6,8,12-14H2,1-3H3.